The molecule has 7 heteroatoms. The van der Waals surface area contributed by atoms with Crippen LogP contribution in [0.2, 0.25) is 23.2 Å². The van der Waals surface area contributed by atoms with Crippen molar-refractivity contribution in [3.63, 3.8) is 0 Å². The molecule has 1 fully saturated rings. The number of ether oxygens (including phenoxy) is 1. The summed E-state index contributed by atoms with van der Waals surface area (Å²) in [5, 5.41) is 10.2. The van der Waals surface area contributed by atoms with E-state index in [1.807, 2.05) is 24.3 Å². The van der Waals surface area contributed by atoms with E-state index in [2.05, 4.69) is 33.9 Å². The molecule has 1 amide bonds. The van der Waals surface area contributed by atoms with Gasteiger partial charge in [-0.1, -0.05) is 44.5 Å². The smallest absolute Gasteiger partial charge is 0.407 e. The first kappa shape index (κ1) is 23.2. The minimum atomic E-state index is -1.82. The summed E-state index contributed by atoms with van der Waals surface area (Å²) >= 11 is 6.20. The monoisotopic (exact) mass is 427 g/mol. The molecule has 1 aromatic carbocycles. The van der Waals surface area contributed by atoms with Gasteiger partial charge in [0, 0.05) is 24.0 Å². The molecular formula is C21H34ClNO4Si. The number of hydrogen-bond acceptors (Lipinski definition) is 3. The van der Waals surface area contributed by atoms with Crippen LogP contribution in [0, 0.1) is 5.92 Å². The molecule has 0 saturated carbocycles. The summed E-state index contributed by atoms with van der Waals surface area (Å²) in [4.78, 5) is 12.9. The molecule has 158 valence electrons. The molecule has 0 radical (unpaired) electrons. The highest BCUT2D eigenvalue weighted by molar-refractivity contribution is 6.74. The SMILES string of the molecule is CC(C)(C)[Si](C)(C)OCCOC(c1cccc(Cl)c1)C1CCCN(C(=O)O)C1. The van der Waals surface area contributed by atoms with E-state index in [4.69, 9.17) is 20.8 Å². The third-order valence-electron chi connectivity index (χ3n) is 5.98. The Labute approximate surface area is 175 Å². The molecule has 5 nitrogen and oxygen atoms in total. The summed E-state index contributed by atoms with van der Waals surface area (Å²) in [6, 6.07) is 7.68. The molecule has 0 bridgehead atoms. The van der Waals surface area contributed by atoms with E-state index in [1.165, 1.54) is 4.90 Å². The summed E-state index contributed by atoms with van der Waals surface area (Å²) < 4.78 is 12.5. The van der Waals surface area contributed by atoms with E-state index >= 15 is 0 Å². The predicted molar refractivity (Wildman–Crippen MR) is 116 cm³/mol. The Kier molecular flexibility index (Phi) is 7.96. The normalized spacial score (nSPS) is 19.5. The third kappa shape index (κ3) is 6.21. The van der Waals surface area contributed by atoms with Gasteiger partial charge in [0.05, 0.1) is 19.3 Å². The molecule has 0 aliphatic carbocycles. The minimum Gasteiger partial charge on any atom is -0.465 e. The lowest BCUT2D eigenvalue weighted by atomic mass is 9.88. The fraction of sp³-hybridized carbons (Fsp3) is 0.667. The Hall–Kier alpha value is -1.08. The average Bonchev–Trinajstić information content (AvgIpc) is 2.60. The first-order valence-corrected chi connectivity index (χ1v) is 13.3. The summed E-state index contributed by atoms with van der Waals surface area (Å²) in [5.41, 5.74) is 0.997. The van der Waals surface area contributed by atoms with Gasteiger partial charge in [-0.2, -0.15) is 0 Å². The molecule has 1 heterocycles. The van der Waals surface area contributed by atoms with Crippen LogP contribution in [0.15, 0.2) is 24.3 Å². The zero-order valence-electron chi connectivity index (χ0n) is 17.7. The zero-order chi connectivity index (χ0) is 20.9. The maximum absolute atomic E-state index is 11.4. The maximum atomic E-state index is 11.4. The second-order valence-electron chi connectivity index (χ2n) is 9.09. The van der Waals surface area contributed by atoms with E-state index in [0.717, 1.165) is 18.4 Å². The predicted octanol–water partition coefficient (Wildman–Crippen LogP) is 5.81. The quantitative estimate of drug-likeness (QED) is 0.440. The van der Waals surface area contributed by atoms with Crippen molar-refractivity contribution in [1.29, 1.82) is 0 Å². The van der Waals surface area contributed by atoms with E-state index in [-0.39, 0.29) is 17.1 Å². The van der Waals surface area contributed by atoms with Crippen LogP contribution in [0.3, 0.4) is 0 Å². The number of carboxylic acid groups (broad SMARTS) is 1. The molecular weight excluding hydrogens is 394 g/mol. The Morgan fingerprint density at radius 2 is 2.07 bits per heavy atom. The van der Waals surface area contributed by atoms with Gasteiger partial charge in [-0.3, -0.25) is 0 Å². The first-order valence-electron chi connectivity index (χ1n) is 10.00. The van der Waals surface area contributed by atoms with Crippen LogP contribution in [0.25, 0.3) is 0 Å². The maximum Gasteiger partial charge on any atom is 0.407 e. The van der Waals surface area contributed by atoms with Gasteiger partial charge in [-0.15, -0.1) is 0 Å². The van der Waals surface area contributed by atoms with Crippen LogP contribution < -0.4 is 0 Å². The minimum absolute atomic E-state index is 0.108. The van der Waals surface area contributed by atoms with Crippen molar-refractivity contribution in [3.05, 3.63) is 34.9 Å². The number of nitrogens with zero attached hydrogens (tertiary/aromatic N) is 1. The highest BCUT2D eigenvalue weighted by atomic mass is 35.5. The van der Waals surface area contributed by atoms with Gasteiger partial charge < -0.3 is 19.2 Å². The number of likely N-dealkylation sites (tertiary alicyclic amines) is 1. The molecule has 2 atom stereocenters. The largest absolute Gasteiger partial charge is 0.465 e. The summed E-state index contributed by atoms with van der Waals surface area (Å²) in [6.45, 7) is 13.2. The fourth-order valence-electron chi connectivity index (χ4n) is 3.31. The molecule has 1 aliphatic rings. The Morgan fingerprint density at radius 1 is 1.36 bits per heavy atom. The van der Waals surface area contributed by atoms with Crippen LogP contribution in [-0.2, 0) is 9.16 Å². The van der Waals surface area contributed by atoms with Crippen molar-refractivity contribution in [2.24, 2.45) is 5.92 Å². The number of rotatable bonds is 7. The number of hydrogen-bond donors (Lipinski definition) is 1. The standard InChI is InChI=1S/C21H34ClNO4Si/c1-21(2,3)28(4,5)27-13-12-26-19(16-8-6-10-18(22)14-16)17-9-7-11-23(15-17)20(24)25/h6,8,10,14,17,19H,7,9,11-13,15H2,1-5H3,(H,24,25). The molecule has 1 saturated heterocycles. The fourth-order valence-corrected chi connectivity index (χ4v) is 4.53. The summed E-state index contributed by atoms with van der Waals surface area (Å²) in [7, 11) is -1.82. The topological polar surface area (TPSA) is 59.0 Å². The summed E-state index contributed by atoms with van der Waals surface area (Å²) in [6.07, 6.45) is 0.724. The van der Waals surface area contributed by atoms with Crippen molar-refractivity contribution in [3.8, 4) is 0 Å². The van der Waals surface area contributed by atoms with E-state index in [1.54, 1.807) is 0 Å². The van der Waals surface area contributed by atoms with Gasteiger partial charge >= 0.3 is 6.09 Å². The average molecular weight is 428 g/mol. The van der Waals surface area contributed by atoms with Crippen LogP contribution in [0.5, 0.6) is 0 Å². The van der Waals surface area contributed by atoms with Crippen molar-refractivity contribution in [1.82, 2.24) is 4.90 Å². The summed E-state index contributed by atoms with van der Waals surface area (Å²) in [5.74, 6) is 0.108. The number of carbonyl (C=O) groups is 1. The Balaban J connectivity index is 2.06. The third-order valence-corrected chi connectivity index (χ3v) is 10.8. The van der Waals surface area contributed by atoms with Crippen LogP contribution >= 0.6 is 11.6 Å². The number of halogens is 1. The Morgan fingerprint density at radius 3 is 2.68 bits per heavy atom. The lowest BCUT2D eigenvalue weighted by Gasteiger charge is -2.37. The van der Waals surface area contributed by atoms with Crippen LogP contribution in [0.4, 0.5) is 4.79 Å². The van der Waals surface area contributed by atoms with Gasteiger partial charge in [-0.05, 0) is 48.7 Å². The molecule has 0 spiro atoms. The van der Waals surface area contributed by atoms with Gasteiger partial charge in [-0.25, -0.2) is 4.79 Å². The van der Waals surface area contributed by atoms with Crippen LogP contribution in [-0.4, -0.2) is 50.7 Å². The zero-order valence-corrected chi connectivity index (χ0v) is 19.5. The number of piperidine rings is 1. The highest BCUT2D eigenvalue weighted by Crippen LogP contribution is 2.37. The molecule has 2 rings (SSSR count). The van der Waals surface area contributed by atoms with Crippen molar-refractivity contribution >= 4 is 26.0 Å². The van der Waals surface area contributed by atoms with E-state index in [0.29, 0.717) is 31.3 Å². The van der Waals surface area contributed by atoms with E-state index in [9.17, 15) is 9.90 Å². The lowest BCUT2D eigenvalue weighted by Crippen LogP contribution is -2.42. The van der Waals surface area contributed by atoms with Crippen molar-refractivity contribution < 1.29 is 19.1 Å². The van der Waals surface area contributed by atoms with Gasteiger partial charge in [0.2, 0.25) is 0 Å². The van der Waals surface area contributed by atoms with Gasteiger partial charge in [0.25, 0.3) is 0 Å². The van der Waals surface area contributed by atoms with Gasteiger partial charge in [0.15, 0.2) is 8.32 Å². The van der Waals surface area contributed by atoms with Crippen molar-refractivity contribution in [2.75, 3.05) is 26.3 Å². The van der Waals surface area contributed by atoms with Crippen molar-refractivity contribution in [2.45, 2.75) is 57.8 Å². The molecule has 1 N–H and O–H groups in total. The van der Waals surface area contributed by atoms with Gasteiger partial charge in [0.1, 0.15) is 0 Å². The molecule has 0 aromatic heterocycles. The molecule has 28 heavy (non-hydrogen) atoms. The molecule has 1 aliphatic heterocycles. The van der Waals surface area contributed by atoms with E-state index < -0.39 is 14.4 Å². The Bertz CT molecular complexity index is 662. The second kappa shape index (κ2) is 9.61. The first-order chi connectivity index (χ1) is 13.0. The highest BCUT2D eigenvalue weighted by Gasteiger charge is 2.37. The molecule has 2 unspecified atom stereocenters. The van der Waals surface area contributed by atoms with Crippen LogP contribution in [0.1, 0.15) is 45.3 Å². The second-order valence-corrected chi connectivity index (χ2v) is 14.3. The number of benzene rings is 1. The number of amides is 1. The lowest BCUT2D eigenvalue weighted by molar-refractivity contribution is -0.0247. The molecule has 1 aromatic rings.